The molecule has 1 unspecified atom stereocenters. The first-order valence-corrected chi connectivity index (χ1v) is 6.61. The summed E-state index contributed by atoms with van der Waals surface area (Å²) in [6.45, 7) is 3.07. The van der Waals surface area contributed by atoms with Crippen LogP contribution >= 0.6 is 15.9 Å². The van der Waals surface area contributed by atoms with Crippen LogP contribution in [0.3, 0.4) is 0 Å². The molecule has 0 radical (unpaired) electrons. The van der Waals surface area contributed by atoms with Crippen molar-refractivity contribution < 1.29 is 14.6 Å². The molecule has 3 rings (SSSR count). The number of carbonyl (C=O) groups excluding carboxylic acids is 1. The third-order valence-corrected chi connectivity index (χ3v) is 3.91. The number of ether oxygens (including phenoxy) is 1. The number of anilines is 2. The normalized spacial score (nSPS) is 22.9. The molecular weight excluding hydrogens is 300 g/mol. The molecule has 1 saturated heterocycles. The number of carbonyl (C=O) groups is 1. The monoisotopic (exact) mass is 312 g/mol. The summed E-state index contributed by atoms with van der Waals surface area (Å²) in [4.78, 5) is 13.6. The van der Waals surface area contributed by atoms with Gasteiger partial charge in [-0.05, 0) is 28.1 Å². The maximum Gasteiger partial charge on any atom is 0.257 e. The maximum atomic E-state index is 11.4. The van der Waals surface area contributed by atoms with Gasteiger partial charge in [0.2, 0.25) is 0 Å². The highest BCUT2D eigenvalue weighted by Gasteiger charge is 2.30. The molecule has 2 N–H and O–H groups in total. The second-order valence-electron chi connectivity index (χ2n) is 4.38. The number of morpholine rings is 1. The summed E-state index contributed by atoms with van der Waals surface area (Å²) >= 11 is 3.50. The van der Waals surface area contributed by atoms with E-state index in [0.717, 1.165) is 23.2 Å². The Morgan fingerprint density at radius 3 is 2.83 bits per heavy atom. The average molecular weight is 313 g/mol. The second-order valence-corrected chi connectivity index (χ2v) is 5.24. The quantitative estimate of drug-likeness (QED) is 0.820. The van der Waals surface area contributed by atoms with E-state index >= 15 is 0 Å². The first kappa shape index (κ1) is 12.0. The molecule has 2 heterocycles. The fraction of sp³-hybridized carbons (Fsp3) is 0.417. The predicted molar refractivity (Wildman–Crippen MR) is 70.8 cm³/mol. The van der Waals surface area contributed by atoms with Gasteiger partial charge in [-0.2, -0.15) is 0 Å². The van der Waals surface area contributed by atoms with Crippen LogP contribution in [0.25, 0.3) is 0 Å². The van der Waals surface area contributed by atoms with Crippen LogP contribution in [-0.4, -0.2) is 37.3 Å². The van der Waals surface area contributed by atoms with Gasteiger partial charge in [0, 0.05) is 28.8 Å². The van der Waals surface area contributed by atoms with Crippen LogP contribution in [0, 0.1) is 0 Å². The Morgan fingerprint density at radius 2 is 2.11 bits per heavy atom. The van der Waals surface area contributed by atoms with Crippen molar-refractivity contribution >= 4 is 33.2 Å². The predicted octanol–water partition coefficient (Wildman–Crippen LogP) is 1.27. The van der Waals surface area contributed by atoms with Crippen LogP contribution in [0.2, 0.25) is 0 Å². The molecule has 5 nitrogen and oxygen atoms in total. The molecule has 1 aromatic rings. The van der Waals surface area contributed by atoms with Crippen molar-refractivity contribution in [1.82, 2.24) is 0 Å². The SMILES string of the molecule is O=C1Nc2cc(N3CCOCC3)c(Br)cc2C1O. The number of hydrogen-bond donors (Lipinski definition) is 2. The van der Waals surface area contributed by atoms with E-state index in [4.69, 9.17) is 4.74 Å². The molecule has 1 aromatic carbocycles. The minimum Gasteiger partial charge on any atom is -0.378 e. The van der Waals surface area contributed by atoms with E-state index in [-0.39, 0.29) is 5.91 Å². The zero-order chi connectivity index (χ0) is 12.7. The molecule has 1 amide bonds. The number of halogens is 1. The summed E-state index contributed by atoms with van der Waals surface area (Å²) in [6, 6.07) is 3.71. The fourth-order valence-corrected chi connectivity index (χ4v) is 2.91. The molecule has 0 aliphatic carbocycles. The van der Waals surface area contributed by atoms with Crippen molar-refractivity contribution in [2.75, 3.05) is 36.5 Å². The highest BCUT2D eigenvalue weighted by Crippen LogP contribution is 2.39. The van der Waals surface area contributed by atoms with Crippen molar-refractivity contribution in [3.05, 3.63) is 22.2 Å². The van der Waals surface area contributed by atoms with E-state index in [1.54, 1.807) is 0 Å². The van der Waals surface area contributed by atoms with Crippen LogP contribution in [0.15, 0.2) is 16.6 Å². The summed E-state index contributed by atoms with van der Waals surface area (Å²) in [6.07, 6.45) is -1.06. The van der Waals surface area contributed by atoms with E-state index in [1.807, 2.05) is 12.1 Å². The van der Waals surface area contributed by atoms with Crippen LogP contribution < -0.4 is 10.2 Å². The number of rotatable bonds is 1. The molecule has 0 saturated carbocycles. The number of benzene rings is 1. The van der Waals surface area contributed by atoms with Crippen LogP contribution in [-0.2, 0) is 9.53 Å². The molecule has 0 bridgehead atoms. The van der Waals surface area contributed by atoms with Crippen LogP contribution in [0.4, 0.5) is 11.4 Å². The Kier molecular flexibility index (Phi) is 3.01. The van der Waals surface area contributed by atoms with Crippen LogP contribution in [0.5, 0.6) is 0 Å². The largest absolute Gasteiger partial charge is 0.378 e. The van der Waals surface area contributed by atoms with Gasteiger partial charge in [-0.15, -0.1) is 0 Å². The fourth-order valence-electron chi connectivity index (χ4n) is 2.30. The smallest absolute Gasteiger partial charge is 0.257 e. The van der Waals surface area contributed by atoms with Crippen LogP contribution in [0.1, 0.15) is 11.7 Å². The topological polar surface area (TPSA) is 61.8 Å². The Balaban J connectivity index is 1.97. The minimum atomic E-state index is -1.06. The number of aliphatic hydroxyl groups is 1. The lowest BCUT2D eigenvalue weighted by Crippen LogP contribution is -2.36. The lowest BCUT2D eigenvalue weighted by atomic mass is 10.1. The first-order chi connectivity index (χ1) is 8.66. The van der Waals surface area contributed by atoms with Gasteiger partial charge in [-0.3, -0.25) is 4.79 Å². The van der Waals surface area contributed by atoms with Crippen molar-refractivity contribution in [3.8, 4) is 0 Å². The molecule has 0 spiro atoms. The van der Waals surface area contributed by atoms with Gasteiger partial charge in [-0.25, -0.2) is 0 Å². The Labute approximate surface area is 113 Å². The first-order valence-electron chi connectivity index (χ1n) is 5.82. The molecule has 1 atom stereocenters. The number of aliphatic hydroxyl groups excluding tert-OH is 1. The summed E-state index contributed by atoms with van der Waals surface area (Å²) in [7, 11) is 0. The molecule has 6 heteroatoms. The molecule has 2 aliphatic rings. The van der Waals surface area contributed by atoms with Gasteiger partial charge in [0.1, 0.15) is 0 Å². The van der Waals surface area contributed by atoms with E-state index in [0.29, 0.717) is 24.5 Å². The molecular formula is C12H13BrN2O3. The van der Waals surface area contributed by atoms with Gasteiger partial charge in [0.05, 0.1) is 18.9 Å². The van der Waals surface area contributed by atoms with Gasteiger partial charge in [0.25, 0.3) is 5.91 Å². The summed E-state index contributed by atoms with van der Waals surface area (Å²) in [5.74, 6) is -0.365. The third-order valence-electron chi connectivity index (χ3n) is 3.27. The number of amides is 1. The summed E-state index contributed by atoms with van der Waals surface area (Å²) in [5, 5.41) is 12.4. The zero-order valence-corrected chi connectivity index (χ0v) is 11.2. The molecule has 18 heavy (non-hydrogen) atoms. The number of fused-ring (bicyclic) bond motifs is 1. The van der Waals surface area contributed by atoms with E-state index in [2.05, 4.69) is 26.1 Å². The number of nitrogens with one attached hydrogen (secondary N) is 1. The maximum absolute atomic E-state index is 11.4. The van der Waals surface area contributed by atoms with Gasteiger partial charge in [-0.1, -0.05) is 0 Å². The summed E-state index contributed by atoms with van der Waals surface area (Å²) in [5.41, 5.74) is 2.34. The van der Waals surface area contributed by atoms with E-state index < -0.39 is 6.10 Å². The Bertz CT molecular complexity index is 500. The van der Waals surface area contributed by atoms with Crippen molar-refractivity contribution in [2.45, 2.75) is 6.10 Å². The standard InChI is InChI=1S/C12H13BrN2O3/c13-8-5-7-9(14-12(17)11(7)16)6-10(8)15-1-3-18-4-2-15/h5-6,11,16H,1-4H2,(H,14,17). The zero-order valence-electron chi connectivity index (χ0n) is 9.65. The van der Waals surface area contributed by atoms with Crippen molar-refractivity contribution in [3.63, 3.8) is 0 Å². The lowest BCUT2D eigenvalue weighted by molar-refractivity contribution is -0.123. The second kappa shape index (κ2) is 4.53. The summed E-state index contributed by atoms with van der Waals surface area (Å²) < 4.78 is 6.21. The van der Waals surface area contributed by atoms with Gasteiger partial charge < -0.3 is 20.1 Å². The van der Waals surface area contributed by atoms with Gasteiger partial charge in [0.15, 0.2) is 6.10 Å². The number of hydrogen-bond acceptors (Lipinski definition) is 4. The average Bonchev–Trinajstić information content (AvgIpc) is 2.66. The highest BCUT2D eigenvalue weighted by molar-refractivity contribution is 9.10. The van der Waals surface area contributed by atoms with Crippen molar-refractivity contribution in [1.29, 1.82) is 0 Å². The Morgan fingerprint density at radius 1 is 1.39 bits per heavy atom. The highest BCUT2D eigenvalue weighted by atomic mass is 79.9. The third kappa shape index (κ3) is 1.90. The minimum absolute atomic E-state index is 0.365. The molecule has 1 fully saturated rings. The van der Waals surface area contributed by atoms with Gasteiger partial charge >= 0.3 is 0 Å². The molecule has 96 valence electrons. The van der Waals surface area contributed by atoms with E-state index in [1.165, 1.54) is 0 Å². The Hall–Kier alpha value is -1.11. The molecule has 2 aliphatic heterocycles. The molecule has 0 aromatic heterocycles. The lowest BCUT2D eigenvalue weighted by Gasteiger charge is -2.30. The van der Waals surface area contributed by atoms with Crippen molar-refractivity contribution in [2.24, 2.45) is 0 Å². The van der Waals surface area contributed by atoms with E-state index in [9.17, 15) is 9.90 Å². The number of nitrogens with zero attached hydrogens (tertiary/aromatic N) is 1.